The summed E-state index contributed by atoms with van der Waals surface area (Å²) in [6.45, 7) is 6.37. The molecule has 0 fully saturated rings. The molecular weight excluding hydrogens is 973 g/mol. The molecule has 448 valence electrons. The summed E-state index contributed by atoms with van der Waals surface area (Å²) >= 11 is 0. The first kappa shape index (κ1) is 74.5. The van der Waals surface area contributed by atoms with Crippen LogP contribution in [0.2, 0.25) is 0 Å². The molecule has 0 aliphatic rings. The maximum atomic E-state index is 12.9. The lowest BCUT2D eigenvalue weighted by Gasteiger charge is -2.18. The van der Waals surface area contributed by atoms with Gasteiger partial charge >= 0.3 is 17.9 Å². The third-order valence-corrected chi connectivity index (χ3v) is 13.6. The molecule has 0 saturated carbocycles. The van der Waals surface area contributed by atoms with Gasteiger partial charge in [0.25, 0.3) is 0 Å². The molecule has 0 N–H and O–H groups in total. The van der Waals surface area contributed by atoms with Crippen molar-refractivity contribution in [2.75, 3.05) is 13.2 Å². The lowest BCUT2D eigenvalue weighted by molar-refractivity contribution is -0.167. The zero-order valence-electron chi connectivity index (χ0n) is 51.3. The number of ether oxygens (including phenoxy) is 3. The van der Waals surface area contributed by atoms with Crippen molar-refractivity contribution in [3.63, 3.8) is 0 Å². The Kier molecular flexibility index (Phi) is 62.3. The second kappa shape index (κ2) is 66.1. The second-order valence-electron chi connectivity index (χ2n) is 21.3. The Bertz CT molecular complexity index is 1680. The van der Waals surface area contributed by atoms with E-state index in [1.165, 1.54) is 103 Å². The molecule has 0 rings (SSSR count). The quantitative estimate of drug-likeness (QED) is 0.0261. The van der Waals surface area contributed by atoms with Gasteiger partial charge in [-0.2, -0.15) is 0 Å². The van der Waals surface area contributed by atoms with E-state index in [2.05, 4.69) is 154 Å². The topological polar surface area (TPSA) is 78.9 Å². The SMILES string of the molecule is CC/C=C\C/C=C\C/C=C\C/C=C\C/C=C\C/C=C\CCCCCCCCC(=O)OCC(COC(=O)CCCCCCC/C=C\CCCC)OC(=O)CCCCCCCCCCCCCC/C=C\C/C=C\C/C=C\C/C=C\CC. The first-order chi connectivity index (χ1) is 39.0. The monoisotopic (exact) mass is 1090 g/mol. The van der Waals surface area contributed by atoms with E-state index in [0.717, 1.165) is 148 Å². The van der Waals surface area contributed by atoms with Gasteiger partial charge in [0.05, 0.1) is 0 Å². The van der Waals surface area contributed by atoms with E-state index in [9.17, 15) is 14.4 Å². The van der Waals surface area contributed by atoms with Crippen LogP contribution < -0.4 is 0 Å². The van der Waals surface area contributed by atoms with Gasteiger partial charge in [-0.25, -0.2) is 0 Å². The van der Waals surface area contributed by atoms with Crippen LogP contribution in [0.1, 0.15) is 290 Å². The normalized spacial score (nSPS) is 13.0. The Morgan fingerprint density at radius 3 is 0.785 bits per heavy atom. The number of carbonyl (C=O) groups is 3. The zero-order chi connectivity index (χ0) is 57.1. The lowest BCUT2D eigenvalue weighted by Crippen LogP contribution is -2.30. The maximum absolute atomic E-state index is 12.9. The van der Waals surface area contributed by atoms with Crippen LogP contribution in [0.15, 0.2) is 134 Å². The van der Waals surface area contributed by atoms with Gasteiger partial charge in [-0.3, -0.25) is 14.4 Å². The van der Waals surface area contributed by atoms with E-state index < -0.39 is 6.10 Å². The first-order valence-corrected chi connectivity index (χ1v) is 32.7. The van der Waals surface area contributed by atoms with E-state index in [1.807, 2.05) is 0 Å². The molecule has 1 unspecified atom stereocenters. The van der Waals surface area contributed by atoms with Gasteiger partial charge in [0.15, 0.2) is 6.10 Å². The van der Waals surface area contributed by atoms with Crippen molar-refractivity contribution in [1.82, 2.24) is 0 Å². The highest BCUT2D eigenvalue weighted by Crippen LogP contribution is 2.16. The van der Waals surface area contributed by atoms with Crippen LogP contribution >= 0.6 is 0 Å². The largest absolute Gasteiger partial charge is 0.462 e. The summed E-state index contributed by atoms with van der Waals surface area (Å²) in [5, 5.41) is 0. The van der Waals surface area contributed by atoms with Crippen molar-refractivity contribution in [2.24, 2.45) is 0 Å². The molecule has 79 heavy (non-hydrogen) atoms. The van der Waals surface area contributed by atoms with Crippen LogP contribution in [0.25, 0.3) is 0 Å². The number of carbonyl (C=O) groups excluding carboxylic acids is 3. The van der Waals surface area contributed by atoms with Gasteiger partial charge in [-0.15, -0.1) is 0 Å². The molecule has 6 nitrogen and oxygen atoms in total. The molecule has 0 bridgehead atoms. The summed E-state index contributed by atoms with van der Waals surface area (Å²) in [6, 6.07) is 0. The zero-order valence-corrected chi connectivity index (χ0v) is 51.3. The molecule has 0 radical (unpaired) electrons. The van der Waals surface area contributed by atoms with Crippen molar-refractivity contribution < 1.29 is 28.6 Å². The van der Waals surface area contributed by atoms with Crippen LogP contribution in [-0.4, -0.2) is 37.2 Å². The van der Waals surface area contributed by atoms with Gasteiger partial charge in [-0.05, 0) is 128 Å². The van der Waals surface area contributed by atoms with Crippen LogP contribution in [0.4, 0.5) is 0 Å². The van der Waals surface area contributed by atoms with E-state index in [1.54, 1.807) is 0 Å². The predicted molar refractivity (Wildman–Crippen MR) is 343 cm³/mol. The minimum absolute atomic E-state index is 0.0905. The smallest absolute Gasteiger partial charge is 0.306 e. The maximum Gasteiger partial charge on any atom is 0.306 e. The Morgan fingerprint density at radius 2 is 0.494 bits per heavy atom. The number of hydrogen-bond donors (Lipinski definition) is 0. The molecule has 0 saturated heterocycles. The molecule has 0 heterocycles. The second-order valence-corrected chi connectivity index (χ2v) is 21.3. The van der Waals surface area contributed by atoms with Gasteiger partial charge in [-0.1, -0.05) is 276 Å². The molecule has 1 atom stereocenters. The molecule has 0 aromatic carbocycles. The van der Waals surface area contributed by atoms with Crippen molar-refractivity contribution >= 4 is 17.9 Å². The molecule has 0 amide bonds. The van der Waals surface area contributed by atoms with E-state index in [4.69, 9.17) is 14.2 Å². The minimum atomic E-state index is -0.794. The summed E-state index contributed by atoms with van der Waals surface area (Å²) in [5.74, 6) is -0.913. The third kappa shape index (κ3) is 64.3. The summed E-state index contributed by atoms with van der Waals surface area (Å²) in [6.07, 6.45) is 93.2. The van der Waals surface area contributed by atoms with Gasteiger partial charge in [0, 0.05) is 19.3 Å². The fourth-order valence-corrected chi connectivity index (χ4v) is 8.77. The molecule has 0 aliphatic carbocycles. The molecular formula is C73H120O6. The highest BCUT2D eigenvalue weighted by molar-refractivity contribution is 5.71. The van der Waals surface area contributed by atoms with Crippen LogP contribution in [0.5, 0.6) is 0 Å². The minimum Gasteiger partial charge on any atom is -0.462 e. The Labute approximate surface area is 487 Å². The standard InChI is InChI=1S/C73H120O6/c1-4-7-10-13-16-19-22-24-26-28-30-32-34-36-38-40-42-44-46-48-51-54-57-60-63-66-72(75)78-69-70(68-77-71(74)65-62-59-56-53-50-21-18-15-12-9-6-3)79-73(76)67-64-61-58-55-52-49-47-45-43-41-39-37-35-33-31-29-27-25-23-20-17-14-11-8-5-2/h7-8,10-11,15-20,24-27,30-33,36,38,42,44,70H,4-6,9,12-14,21-23,28-29,34-35,37,39-41,43,45-69H2,1-3H3/b10-7-,11-8-,18-15-,19-16-,20-17-,26-24-,27-25-,32-30-,33-31-,38-36-,44-42-. The number of unbranched alkanes of at least 4 members (excludes halogenated alkanes) is 25. The van der Waals surface area contributed by atoms with Crippen molar-refractivity contribution in [3.05, 3.63) is 134 Å². The third-order valence-electron chi connectivity index (χ3n) is 13.6. The average Bonchev–Trinajstić information content (AvgIpc) is 3.45. The molecule has 0 spiro atoms. The molecule has 0 aromatic rings. The van der Waals surface area contributed by atoms with Gasteiger partial charge in [0.2, 0.25) is 0 Å². The summed E-state index contributed by atoms with van der Waals surface area (Å²) in [4.78, 5) is 38.3. The fraction of sp³-hybridized carbons (Fsp3) is 0.658. The van der Waals surface area contributed by atoms with Crippen LogP contribution in [0, 0.1) is 0 Å². The average molecular weight is 1090 g/mol. The van der Waals surface area contributed by atoms with Crippen LogP contribution in [-0.2, 0) is 28.6 Å². The highest BCUT2D eigenvalue weighted by Gasteiger charge is 2.19. The molecule has 0 aliphatic heterocycles. The van der Waals surface area contributed by atoms with Crippen molar-refractivity contribution in [1.29, 1.82) is 0 Å². The predicted octanol–water partition coefficient (Wildman–Crippen LogP) is 22.5. The summed E-state index contributed by atoms with van der Waals surface area (Å²) < 4.78 is 16.9. The number of allylic oxidation sites excluding steroid dienone is 22. The number of hydrogen-bond acceptors (Lipinski definition) is 6. The Morgan fingerprint density at radius 1 is 0.266 bits per heavy atom. The first-order valence-electron chi connectivity index (χ1n) is 32.7. The van der Waals surface area contributed by atoms with Crippen molar-refractivity contribution in [3.8, 4) is 0 Å². The lowest BCUT2D eigenvalue weighted by atomic mass is 10.0. The van der Waals surface area contributed by atoms with E-state index in [0.29, 0.717) is 19.3 Å². The molecule has 0 aromatic heterocycles. The van der Waals surface area contributed by atoms with E-state index in [-0.39, 0.29) is 31.1 Å². The summed E-state index contributed by atoms with van der Waals surface area (Å²) in [7, 11) is 0. The number of rotatable bonds is 58. The van der Waals surface area contributed by atoms with Crippen molar-refractivity contribution in [2.45, 2.75) is 297 Å². The van der Waals surface area contributed by atoms with Gasteiger partial charge < -0.3 is 14.2 Å². The van der Waals surface area contributed by atoms with Gasteiger partial charge in [0.1, 0.15) is 13.2 Å². The fourth-order valence-electron chi connectivity index (χ4n) is 8.77. The highest BCUT2D eigenvalue weighted by atomic mass is 16.6. The molecule has 6 heteroatoms. The van der Waals surface area contributed by atoms with Crippen LogP contribution in [0.3, 0.4) is 0 Å². The Hall–Kier alpha value is -4.45. The van der Waals surface area contributed by atoms with E-state index >= 15 is 0 Å². The number of esters is 3. The summed E-state index contributed by atoms with van der Waals surface area (Å²) in [5.41, 5.74) is 0. The Balaban J connectivity index is 4.33.